The highest BCUT2D eigenvalue weighted by molar-refractivity contribution is 6.30. The van der Waals surface area contributed by atoms with Crippen LogP contribution in [0, 0.1) is 12.0 Å². The van der Waals surface area contributed by atoms with E-state index in [0.29, 0.717) is 11.8 Å². The van der Waals surface area contributed by atoms with Gasteiger partial charge in [0, 0.05) is 35.7 Å². The minimum Gasteiger partial charge on any atom is -0.432 e. The first-order chi connectivity index (χ1) is 9.72. The summed E-state index contributed by atoms with van der Waals surface area (Å²) in [5.74, 6) is 2.78. The van der Waals surface area contributed by atoms with E-state index in [4.69, 9.17) is 16.3 Å². The lowest BCUT2D eigenvalue weighted by Crippen LogP contribution is -2.16. The van der Waals surface area contributed by atoms with Crippen LogP contribution in [0.1, 0.15) is 11.5 Å². The third-order valence-electron chi connectivity index (χ3n) is 4.35. The molecule has 2 atom stereocenters. The molecule has 2 nitrogen and oxygen atoms in total. The lowest BCUT2D eigenvalue weighted by molar-refractivity contribution is 0.392. The van der Waals surface area contributed by atoms with Crippen LogP contribution in [0.3, 0.4) is 0 Å². The van der Waals surface area contributed by atoms with Gasteiger partial charge < -0.3 is 9.64 Å². The summed E-state index contributed by atoms with van der Waals surface area (Å²) in [5.41, 5.74) is 2.48. The molecule has 0 unspecified atom stereocenters. The molecular formula is C17H15ClNO+. The molecule has 1 fully saturated rings. The quantitative estimate of drug-likeness (QED) is 0.676. The number of hydrogen-bond acceptors (Lipinski definition) is 2. The number of benzene rings is 1. The molecule has 0 bridgehead atoms. The van der Waals surface area contributed by atoms with Crippen LogP contribution in [-0.2, 0) is 0 Å². The van der Waals surface area contributed by atoms with Gasteiger partial charge in [0.05, 0.1) is 12.0 Å². The van der Waals surface area contributed by atoms with Gasteiger partial charge in [0.15, 0.2) is 0 Å². The molecule has 20 heavy (non-hydrogen) atoms. The average molecular weight is 285 g/mol. The fourth-order valence-electron chi connectivity index (χ4n) is 3.46. The van der Waals surface area contributed by atoms with Gasteiger partial charge >= 0.3 is 0 Å². The Morgan fingerprint density at radius 1 is 1.30 bits per heavy atom. The van der Waals surface area contributed by atoms with Gasteiger partial charge in [-0.3, -0.25) is 0 Å². The van der Waals surface area contributed by atoms with Crippen molar-refractivity contribution >= 4 is 11.6 Å². The van der Waals surface area contributed by atoms with Crippen LogP contribution in [-0.4, -0.2) is 25.0 Å². The topological polar surface area (TPSA) is 12.5 Å². The van der Waals surface area contributed by atoms with Gasteiger partial charge in [0.25, 0.3) is 0 Å². The number of hydrogen-bond donors (Lipinski definition) is 0. The third-order valence-corrected chi connectivity index (χ3v) is 4.58. The molecule has 1 aromatic carbocycles. The number of ether oxygens (including phenoxy) is 1. The SMILES string of the molecule is CN1C[C@H]2C3=C(C=C[C+]=C3)Oc3ccc(Cl)cc3[C@@H]2C1. The number of likely N-dealkylation sites (N-methyl/N-ethyl adjacent to an activating group) is 1. The van der Waals surface area contributed by atoms with E-state index < -0.39 is 0 Å². The minimum absolute atomic E-state index is 0.436. The zero-order valence-corrected chi connectivity index (χ0v) is 12.0. The van der Waals surface area contributed by atoms with Crippen molar-refractivity contribution in [3.63, 3.8) is 0 Å². The molecule has 2 aliphatic heterocycles. The van der Waals surface area contributed by atoms with Crippen LogP contribution < -0.4 is 4.74 Å². The number of nitrogens with zero attached hydrogens (tertiary/aromatic N) is 1. The summed E-state index contributed by atoms with van der Waals surface area (Å²) in [5, 5.41) is 0.776. The predicted molar refractivity (Wildman–Crippen MR) is 79.8 cm³/mol. The van der Waals surface area contributed by atoms with Gasteiger partial charge in [-0.2, -0.15) is 0 Å². The van der Waals surface area contributed by atoms with Gasteiger partial charge in [0.2, 0.25) is 5.76 Å². The van der Waals surface area contributed by atoms with Crippen LogP contribution in [0.4, 0.5) is 0 Å². The molecule has 1 aromatic rings. The van der Waals surface area contributed by atoms with Gasteiger partial charge in [0.1, 0.15) is 23.5 Å². The Balaban J connectivity index is 1.91. The molecule has 0 spiro atoms. The van der Waals surface area contributed by atoms with Crippen LogP contribution in [0.5, 0.6) is 5.75 Å². The van der Waals surface area contributed by atoms with Crippen molar-refractivity contribution in [3.8, 4) is 5.75 Å². The van der Waals surface area contributed by atoms with E-state index in [-0.39, 0.29) is 0 Å². The molecule has 0 amide bonds. The number of rotatable bonds is 0. The Labute approximate surface area is 124 Å². The van der Waals surface area contributed by atoms with Gasteiger partial charge in [-0.15, -0.1) is 0 Å². The molecule has 1 aliphatic carbocycles. The smallest absolute Gasteiger partial charge is 0.242 e. The number of fused-ring (bicyclic) bond motifs is 4. The van der Waals surface area contributed by atoms with E-state index in [2.05, 4.69) is 30.2 Å². The van der Waals surface area contributed by atoms with E-state index in [9.17, 15) is 0 Å². The number of halogens is 1. The second-order valence-corrected chi connectivity index (χ2v) is 6.12. The van der Waals surface area contributed by atoms with Gasteiger partial charge in [-0.1, -0.05) is 11.6 Å². The van der Waals surface area contributed by atoms with Gasteiger partial charge in [-0.25, -0.2) is 0 Å². The Kier molecular flexibility index (Phi) is 2.71. The fraction of sp³-hybridized carbons (Fsp3) is 0.294. The van der Waals surface area contributed by atoms with E-state index in [1.165, 1.54) is 11.1 Å². The third kappa shape index (κ3) is 1.81. The van der Waals surface area contributed by atoms with Gasteiger partial charge in [-0.05, 0) is 25.2 Å². The maximum atomic E-state index is 6.19. The highest BCUT2D eigenvalue weighted by Crippen LogP contribution is 2.46. The van der Waals surface area contributed by atoms with Crippen molar-refractivity contribution in [2.24, 2.45) is 5.92 Å². The first-order valence-corrected chi connectivity index (χ1v) is 7.26. The zero-order valence-electron chi connectivity index (χ0n) is 11.3. The molecule has 3 heteroatoms. The van der Waals surface area contributed by atoms with Crippen molar-refractivity contribution in [2.75, 3.05) is 20.1 Å². The van der Waals surface area contributed by atoms with Crippen LogP contribution in [0.2, 0.25) is 5.02 Å². The van der Waals surface area contributed by atoms with Crippen molar-refractivity contribution in [2.45, 2.75) is 5.92 Å². The van der Waals surface area contributed by atoms with Crippen LogP contribution >= 0.6 is 11.6 Å². The van der Waals surface area contributed by atoms with Crippen molar-refractivity contribution < 1.29 is 4.74 Å². The first kappa shape index (κ1) is 12.2. The van der Waals surface area contributed by atoms with Crippen molar-refractivity contribution in [1.29, 1.82) is 0 Å². The standard InChI is InChI=1S/C17H15ClNO/c1-19-9-14-12-4-2-3-5-16(12)20-17-7-6-11(18)8-13(17)15(14)10-19/h3-8,14-15H,9-10H2,1H3/q+1/t14-,15-/m0/s1. The second kappa shape index (κ2) is 4.46. The first-order valence-electron chi connectivity index (χ1n) is 6.88. The Hall–Kier alpha value is -1.60. The average Bonchev–Trinajstić information content (AvgIpc) is 2.78. The summed E-state index contributed by atoms with van der Waals surface area (Å²) in [6, 6.07) is 5.94. The fourth-order valence-corrected chi connectivity index (χ4v) is 3.64. The minimum atomic E-state index is 0.436. The van der Waals surface area contributed by atoms with E-state index in [1.807, 2.05) is 24.3 Å². The Bertz CT molecular complexity index is 659. The van der Waals surface area contributed by atoms with Crippen molar-refractivity contribution in [1.82, 2.24) is 4.90 Å². The normalized spacial score (nSPS) is 27.3. The largest absolute Gasteiger partial charge is 0.432 e. The maximum absolute atomic E-state index is 6.19. The van der Waals surface area contributed by atoms with Crippen molar-refractivity contribution in [3.05, 3.63) is 64.4 Å². The highest BCUT2D eigenvalue weighted by atomic mass is 35.5. The summed E-state index contributed by atoms with van der Waals surface area (Å²) in [6.07, 6.45) is 9.18. The lowest BCUT2D eigenvalue weighted by atomic mass is 9.83. The molecule has 0 saturated carbocycles. The monoisotopic (exact) mass is 284 g/mol. The second-order valence-electron chi connectivity index (χ2n) is 5.68. The summed E-state index contributed by atoms with van der Waals surface area (Å²) in [7, 11) is 2.17. The summed E-state index contributed by atoms with van der Waals surface area (Å²) in [6.45, 7) is 2.08. The molecule has 1 saturated heterocycles. The maximum Gasteiger partial charge on any atom is 0.242 e. The molecule has 0 radical (unpaired) electrons. The lowest BCUT2D eigenvalue weighted by Gasteiger charge is -2.15. The molecule has 0 aromatic heterocycles. The van der Waals surface area contributed by atoms with E-state index >= 15 is 0 Å². The highest BCUT2D eigenvalue weighted by Gasteiger charge is 2.42. The molecular weight excluding hydrogens is 270 g/mol. The molecule has 100 valence electrons. The summed E-state index contributed by atoms with van der Waals surface area (Å²) >= 11 is 6.19. The summed E-state index contributed by atoms with van der Waals surface area (Å²) < 4.78 is 6.13. The predicted octanol–water partition coefficient (Wildman–Crippen LogP) is 3.56. The Morgan fingerprint density at radius 3 is 3.05 bits per heavy atom. The molecule has 3 aliphatic rings. The number of likely N-dealkylation sites (tertiary alicyclic amines) is 1. The molecule has 2 heterocycles. The van der Waals surface area contributed by atoms with Crippen LogP contribution in [0.25, 0.3) is 0 Å². The number of allylic oxidation sites excluding steroid dienone is 4. The molecule has 4 rings (SSSR count). The zero-order chi connectivity index (χ0) is 13.7. The van der Waals surface area contributed by atoms with Crippen LogP contribution in [0.15, 0.2) is 47.8 Å². The Morgan fingerprint density at radius 2 is 2.15 bits per heavy atom. The van der Waals surface area contributed by atoms with E-state index in [0.717, 1.165) is 29.6 Å². The summed E-state index contributed by atoms with van der Waals surface area (Å²) in [4.78, 5) is 2.38. The molecule has 0 N–H and O–H groups in total. The van der Waals surface area contributed by atoms with E-state index in [1.54, 1.807) is 0 Å².